The first-order valence-electron chi connectivity index (χ1n) is 6.66. The molecule has 0 amide bonds. The molecule has 1 aromatic heterocycles. The molecule has 0 aromatic carbocycles. The smallest absolute Gasteiger partial charge is 0.292 e. The first-order valence-corrected chi connectivity index (χ1v) is 7.60. The summed E-state index contributed by atoms with van der Waals surface area (Å²) in [6.45, 7) is 0. The van der Waals surface area contributed by atoms with E-state index in [-0.39, 0.29) is 17.4 Å². The zero-order chi connectivity index (χ0) is 14.3. The predicted molar refractivity (Wildman–Crippen MR) is 70.7 cm³/mol. The normalized spacial score (nSPS) is 29.4. The average Bonchev–Trinajstić information content (AvgIpc) is 2.76. The number of rotatable bonds is 2. The number of nitrogens with zero attached hydrogens (tertiary/aromatic N) is 1. The molecule has 0 aliphatic carbocycles. The van der Waals surface area contributed by atoms with Crippen LogP contribution in [0.3, 0.4) is 0 Å². The Bertz CT molecular complexity index is 502. The third-order valence-corrected chi connectivity index (χ3v) is 5.63. The van der Waals surface area contributed by atoms with Gasteiger partial charge in [-0.3, -0.25) is 9.78 Å². The van der Waals surface area contributed by atoms with Crippen molar-refractivity contribution < 1.29 is 18.0 Å². The molecule has 20 heavy (non-hydrogen) atoms. The number of Topliss-reactive ketones (excluding diaryl/α,β-unsaturated/α-hetero) is 1. The molecule has 2 bridgehead atoms. The second-order valence-corrected chi connectivity index (χ2v) is 7.03. The first kappa shape index (κ1) is 13.9. The number of carbonyl (C=O) groups is 1. The Morgan fingerprint density at radius 1 is 1.20 bits per heavy atom. The SMILES string of the molecule is O=C(c1ccc(C(F)(F)F)cn1)C1CC2CCC(C1)S2. The third-order valence-electron chi connectivity index (χ3n) is 4.00. The number of hydrogen-bond donors (Lipinski definition) is 0. The second kappa shape index (κ2) is 5.06. The van der Waals surface area contributed by atoms with Crippen molar-refractivity contribution >= 4 is 17.5 Å². The zero-order valence-electron chi connectivity index (χ0n) is 10.7. The molecule has 0 spiro atoms. The highest BCUT2D eigenvalue weighted by Crippen LogP contribution is 2.46. The van der Waals surface area contributed by atoms with Crippen molar-refractivity contribution in [2.75, 3.05) is 0 Å². The highest BCUT2D eigenvalue weighted by atomic mass is 32.2. The molecule has 2 fully saturated rings. The molecule has 2 nitrogen and oxygen atoms in total. The third kappa shape index (κ3) is 2.71. The Kier molecular flexibility index (Phi) is 3.52. The van der Waals surface area contributed by atoms with Crippen LogP contribution >= 0.6 is 11.8 Å². The van der Waals surface area contributed by atoms with Crippen molar-refractivity contribution in [1.29, 1.82) is 0 Å². The lowest BCUT2D eigenvalue weighted by Crippen LogP contribution is -2.25. The maximum atomic E-state index is 12.5. The standard InChI is InChI=1S/C14H14F3NOS/c15-14(16,17)9-1-4-12(18-7-9)13(19)8-5-10-2-3-11(6-8)20-10/h1,4,7-8,10-11H,2-3,5-6H2. The molecule has 2 atom stereocenters. The number of alkyl halides is 3. The number of carbonyl (C=O) groups excluding carboxylic acids is 1. The average molecular weight is 301 g/mol. The van der Waals surface area contributed by atoms with Crippen molar-refractivity contribution in [3.63, 3.8) is 0 Å². The van der Waals surface area contributed by atoms with Gasteiger partial charge in [0.15, 0.2) is 5.78 Å². The Morgan fingerprint density at radius 3 is 2.35 bits per heavy atom. The van der Waals surface area contributed by atoms with E-state index in [9.17, 15) is 18.0 Å². The number of ketones is 1. The highest BCUT2D eigenvalue weighted by molar-refractivity contribution is 8.00. The number of fused-ring (bicyclic) bond motifs is 2. The van der Waals surface area contributed by atoms with Crippen LogP contribution in [0.15, 0.2) is 18.3 Å². The highest BCUT2D eigenvalue weighted by Gasteiger charge is 2.38. The molecule has 2 unspecified atom stereocenters. The molecule has 3 rings (SSSR count). The van der Waals surface area contributed by atoms with Crippen molar-refractivity contribution in [2.24, 2.45) is 5.92 Å². The van der Waals surface area contributed by atoms with E-state index in [0.29, 0.717) is 10.5 Å². The number of aromatic nitrogens is 1. The topological polar surface area (TPSA) is 30.0 Å². The van der Waals surface area contributed by atoms with Crippen molar-refractivity contribution in [3.05, 3.63) is 29.6 Å². The summed E-state index contributed by atoms with van der Waals surface area (Å²) < 4.78 is 37.4. The van der Waals surface area contributed by atoms with Crippen LogP contribution in [0.25, 0.3) is 0 Å². The van der Waals surface area contributed by atoms with E-state index in [0.717, 1.165) is 37.9 Å². The largest absolute Gasteiger partial charge is 0.417 e. The Labute approximate surface area is 119 Å². The summed E-state index contributed by atoms with van der Waals surface area (Å²) in [6, 6.07) is 2.14. The predicted octanol–water partition coefficient (Wildman–Crippen LogP) is 3.96. The van der Waals surface area contributed by atoms with Gasteiger partial charge in [0.2, 0.25) is 0 Å². The Hall–Kier alpha value is -1.04. The lowest BCUT2D eigenvalue weighted by Gasteiger charge is -2.26. The van der Waals surface area contributed by atoms with Crippen LogP contribution in [0.5, 0.6) is 0 Å². The Morgan fingerprint density at radius 2 is 1.85 bits per heavy atom. The molecule has 0 saturated carbocycles. The van der Waals surface area contributed by atoms with E-state index in [1.165, 1.54) is 6.07 Å². The minimum atomic E-state index is -4.41. The second-order valence-electron chi connectivity index (χ2n) is 5.42. The molecule has 0 N–H and O–H groups in total. The van der Waals surface area contributed by atoms with Gasteiger partial charge in [-0.1, -0.05) is 0 Å². The van der Waals surface area contributed by atoms with E-state index >= 15 is 0 Å². The molecule has 2 saturated heterocycles. The summed E-state index contributed by atoms with van der Waals surface area (Å²) in [5.74, 6) is -0.172. The van der Waals surface area contributed by atoms with Crippen LogP contribution in [-0.2, 0) is 6.18 Å². The van der Waals surface area contributed by atoms with Gasteiger partial charge in [-0.2, -0.15) is 24.9 Å². The summed E-state index contributed by atoms with van der Waals surface area (Å²) in [6.07, 6.45) is 0.319. The van der Waals surface area contributed by atoms with Crippen LogP contribution in [0.4, 0.5) is 13.2 Å². The number of halogens is 3. The molecule has 0 radical (unpaired) electrons. The Balaban J connectivity index is 1.74. The molecule has 2 aliphatic rings. The van der Waals surface area contributed by atoms with Gasteiger partial charge in [0.1, 0.15) is 5.69 Å². The van der Waals surface area contributed by atoms with Gasteiger partial charge >= 0.3 is 6.18 Å². The molecular weight excluding hydrogens is 287 g/mol. The molecule has 2 aliphatic heterocycles. The van der Waals surface area contributed by atoms with Gasteiger partial charge in [-0.25, -0.2) is 0 Å². The fourth-order valence-electron chi connectivity index (χ4n) is 2.99. The van der Waals surface area contributed by atoms with Gasteiger partial charge in [-0.15, -0.1) is 0 Å². The molecule has 1 aromatic rings. The molecule has 6 heteroatoms. The van der Waals surface area contributed by atoms with E-state index in [2.05, 4.69) is 4.98 Å². The van der Waals surface area contributed by atoms with Crippen LogP contribution in [0.1, 0.15) is 41.7 Å². The first-order chi connectivity index (χ1) is 9.43. The molecular formula is C14H14F3NOS. The maximum Gasteiger partial charge on any atom is 0.417 e. The van der Waals surface area contributed by atoms with Crippen molar-refractivity contribution in [3.8, 4) is 0 Å². The van der Waals surface area contributed by atoms with E-state index in [1.54, 1.807) is 0 Å². The lowest BCUT2D eigenvalue weighted by molar-refractivity contribution is -0.137. The maximum absolute atomic E-state index is 12.5. The molecule has 3 heterocycles. The summed E-state index contributed by atoms with van der Waals surface area (Å²) in [4.78, 5) is 16.0. The van der Waals surface area contributed by atoms with E-state index < -0.39 is 11.7 Å². The fourth-order valence-corrected chi connectivity index (χ4v) is 4.76. The van der Waals surface area contributed by atoms with Gasteiger partial charge in [0, 0.05) is 22.6 Å². The number of hydrogen-bond acceptors (Lipinski definition) is 3. The van der Waals surface area contributed by atoms with E-state index in [1.807, 2.05) is 11.8 Å². The minimum Gasteiger partial charge on any atom is -0.292 e. The molecule has 108 valence electrons. The summed E-state index contributed by atoms with van der Waals surface area (Å²) in [5.41, 5.74) is -0.650. The van der Waals surface area contributed by atoms with Gasteiger partial charge in [0.25, 0.3) is 0 Å². The summed E-state index contributed by atoms with van der Waals surface area (Å²) in [7, 11) is 0. The van der Waals surface area contributed by atoms with Gasteiger partial charge in [-0.05, 0) is 37.8 Å². The minimum absolute atomic E-state index is 0.0713. The van der Waals surface area contributed by atoms with Gasteiger partial charge < -0.3 is 0 Å². The monoisotopic (exact) mass is 301 g/mol. The van der Waals surface area contributed by atoms with Crippen molar-refractivity contribution in [2.45, 2.75) is 42.4 Å². The number of thioether (sulfide) groups is 1. The summed E-state index contributed by atoms with van der Waals surface area (Å²) >= 11 is 1.95. The van der Waals surface area contributed by atoms with Crippen LogP contribution in [-0.4, -0.2) is 21.3 Å². The zero-order valence-corrected chi connectivity index (χ0v) is 11.5. The quantitative estimate of drug-likeness (QED) is 0.775. The van der Waals surface area contributed by atoms with Crippen LogP contribution < -0.4 is 0 Å². The van der Waals surface area contributed by atoms with Crippen LogP contribution in [0.2, 0.25) is 0 Å². The van der Waals surface area contributed by atoms with Crippen molar-refractivity contribution in [1.82, 2.24) is 4.98 Å². The van der Waals surface area contributed by atoms with E-state index in [4.69, 9.17) is 0 Å². The summed E-state index contributed by atoms with van der Waals surface area (Å²) in [5, 5.41) is 1.08. The fraction of sp³-hybridized carbons (Fsp3) is 0.571. The van der Waals surface area contributed by atoms with Crippen LogP contribution in [0, 0.1) is 5.92 Å². The van der Waals surface area contributed by atoms with Gasteiger partial charge in [0.05, 0.1) is 5.56 Å². The lowest BCUT2D eigenvalue weighted by atomic mass is 9.92. The number of pyridine rings is 1.